The largest absolute Gasteiger partial charge is 0.325 e. The van der Waals surface area contributed by atoms with Crippen molar-refractivity contribution in [1.82, 2.24) is 5.43 Å². The van der Waals surface area contributed by atoms with Gasteiger partial charge in [-0.15, -0.1) is 0 Å². The van der Waals surface area contributed by atoms with Crippen molar-refractivity contribution in [2.75, 3.05) is 5.32 Å². The monoisotopic (exact) mass is 317 g/mol. The molecule has 1 atom stereocenters. The lowest BCUT2D eigenvalue weighted by atomic mass is 10.0. The number of hydrogen-bond acceptors (Lipinski definition) is 3. The molecule has 15 heavy (non-hydrogen) atoms. The van der Waals surface area contributed by atoms with Gasteiger partial charge in [0.15, 0.2) is 0 Å². The van der Waals surface area contributed by atoms with E-state index in [0.717, 1.165) is 3.57 Å². The summed E-state index contributed by atoms with van der Waals surface area (Å²) in [6.07, 6.45) is 0. The van der Waals surface area contributed by atoms with E-state index in [1.807, 2.05) is 11.5 Å². The van der Waals surface area contributed by atoms with Gasteiger partial charge < -0.3 is 5.32 Å². The average molecular weight is 317 g/mol. The number of carbonyl (C=O) groups excluding carboxylic acids is 2. The van der Waals surface area contributed by atoms with Gasteiger partial charge in [0.25, 0.3) is 5.91 Å². The van der Waals surface area contributed by atoms with Gasteiger partial charge in [-0.3, -0.25) is 15.0 Å². The molecule has 2 rings (SSSR count). The van der Waals surface area contributed by atoms with Crippen LogP contribution in [0.1, 0.15) is 11.5 Å². The van der Waals surface area contributed by atoms with Gasteiger partial charge in [0.1, 0.15) is 5.92 Å². The van der Waals surface area contributed by atoms with Gasteiger partial charge in [-0.2, -0.15) is 0 Å². The summed E-state index contributed by atoms with van der Waals surface area (Å²) < 4.78 is 0.970. The number of nitrogens with one attached hydrogen (secondary N) is 2. The first-order valence-corrected chi connectivity index (χ1v) is 5.32. The molecular formula is C9H8IN3O2. The van der Waals surface area contributed by atoms with E-state index in [9.17, 15) is 9.59 Å². The normalized spacial score (nSPS) is 18.3. The summed E-state index contributed by atoms with van der Waals surface area (Å²) in [5.41, 5.74) is 3.35. The second kappa shape index (κ2) is 3.78. The molecule has 78 valence electrons. The Kier molecular flexibility index (Phi) is 2.61. The van der Waals surface area contributed by atoms with Crippen LogP contribution in [0, 0.1) is 3.57 Å². The molecule has 0 aliphatic carbocycles. The molecule has 6 heteroatoms. The first-order valence-electron chi connectivity index (χ1n) is 4.24. The molecule has 4 N–H and O–H groups in total. The number of carbonyl (C=O) groups is 2. The number of hydrogen-bond donors (Lipinski definition) is 3. The van der Waals surface area contributed by atoms with E-state index in [1.54, 1.807) is 12.1 Å². The molecule has 0 saturated heterocycles. The Labute approximate surface area is 99.5 Å². The van der Waals surface area contributed by atoms with Crippen molar-refractivity contribution < 1.29 is 9.59 Å². The summed E-state index contributed by atoms with van der Waals surface area (Å²) in [6, 6.07) is 5.44. The SMILES string of the molecule is NNC(=O)C1C(=O)Nc2ccc(I)cc21. The van der Waals surface area contributed by atoms with Crippen LogP contribution >= 0.6 is 22.6 Å². The second-order valence-corrected chi connectivity index (χ2v) is 4.41. The predicted molar refractivity (Wildman–Crippen MR) is 62.9 cm³/mol. The number of nitrogens with two attached hydrogens (primary N) is 1. The van der Waals surface area contributed by atoms with Crippen LogP contribution in [-0.2, 0) is 9.59 Å². The number of fused-ring (bicyclic) bond motifs is 1. The lowest BCUT2D eigenvalue weighted by Gasteiger charge is -2.06. The van der Waals surface area contributed by atoms with Gasteiger partial charge in [0.05, 0.1) is 0 Å². The standard InChI is InChI=1S/C9H8IN3O2/c10-4-1-2-6-5(3-4)7(8(14)12-6)9(15)13-11/h1-3,7H,11H2,(H,12,14)(H,13,15). The van der Waals surface area contributed by atoms with Crippen LogP contribution in [0.15, 0.2) is 18.2 Å². The maximum atomic E-state index is 11.5. The smallest absolute Gasteiger partial charge is 0.251 e. The molecule has 1 aromatic carbocycles. The molecule has 2 amide bonds. The highest BCUT2D eigenvalue weighted by Gasteiger charge is 2.36. The second-order valence-electron chi connectivity index (χ2n) is 3.16. The fourth-order valence-electron chi connectivity index (χ4n) is 1.58. The summed E-state index contributed by atoms with van der Waals surface area (Å²) in [4.78, 5) is 22.9. The van der Waals surface area contributed by atoms with Gasteiger partial charge in [0, 0.05) is 9.26 Å². The third kappa shape index (κ3) is 1.70. The van der Waals surface area contributed by atoms with E-state index in [4.69, 9.17) is 5.84 Å². The third-order valence-electron chi connectivity index (χ3n) is 2.25. The Morgan fingerprint density at radius 2 is 2.27 bits per heavy atom. The molecule has 0 spiro atoms. The van der Waals surface area contributed by atoms with Crippen molar-refractivity contribution in [3.63, 3.8) is 0 Å². The number of amides is 2. The van der Waals surface area contributed by atoms with Gasteiger partial charge in [-0.1, -0.05) is 0 Å². The number of hydrazine groups is 1. The number of halogens is 1. The van der Waals surface area contributed by atoms with E-state index in [-0.39, 0.29) is 5.91 Å². The number of benzene rings is 1. The Balaban J connectivity index is 2.48. The zero-order valence-corrected chi connectivity index (χ0v) is 9.74. The van der Waals surface area contributed by atoms with Crippen LogP contribution < -0.4 is 16.6 Å². The molecule has 0 bridgehead atoms. The van der Waals surface area contributed by atoms with Gasteiger partial charge in [-0.05, 0) is 46.4 Å². The van der Waals surface area contributed by atoms with E-state index >= 15 is 0 Å². The highest BCUT2D eigenvalue weighted by atomic mass is 127. The fourth-order valence-corrected chi connectivity index (χ4v) is 2.09. The van der Waals surface area contributed by atoms with Gasteiger partial charge in [-0.25, -0.2) is 5.84 Å². The van der Waals surface area contributed by atoms with E-state index in [1.165, 1.54) is 0 Å². The summed E-state index contributed by atoms with van der Waals surface area (Å²) in [7, 11) is 0. The molecule has 1 unspecified atom stereocenters. The average Bonchev–Trinajstić information content (AvgIpc) is 2.52. The maximum Gasteiger partial charge on any atom is 0.251 e. The van der Waals surface area contributed by atoms with Crippen molar-refractivity contribution in [2.45, 2.75) is 5.92 Å². The molecule has 0 aromatic heterocycles. The van der Waals surface area contributed by atoms with Crippen molar-refractivity contribution in [3.8, 4) is 0 Å². The molecule has 1 aliphatic heterocycles. The number of anilines is 1. The quantitative estimate of drug-likeness (QED) is 0.229. The van der Waals surface area contributed by atoms with Gasteiger partial charge >= 0.3 is 0 Å². The van der Waals surface area contributed by atoms with Crippen LogP contribution in [0.4, 0.5) is 5.69 Å². The summed E-state index contributed by atoms with van der Waals surface area (Å²) in [6.45, 7) is 0. The predicted octanol–water partition coefficient (Wildman–Crippen LogP) is 0.317. The first-order chi connectivity index (χ1) is 7.13. The van der Waals surface area contributed by atoms with Crippen LogP contribution in [0.3, 0.4) is 0 Å². The van der Waals surface area contributed by atoms with E-state index in [2.05, 4.69) is 27.9 Å². The fraction of sp³-hybridized carbons (Fsp3) is 0.111. The number of rotatable bonds is 1. The molecule has 1 aromatic rings. The van der Waals surface area contributed by atoms with Crippen LogP contribution in [0.25, 0.3) is 0 Å². The minimum absolute atomic E-state index is 0.338. The zero-order chi connectivity index (χ0) is 11.0. The molecule has 0 radical (unpaired) electrons. The molecule has 5 nitrogen and oxygen atoms in total. The summed E-state index contributed by atoms with van der Waals surface area (Å²) in [5.74, 6) is 3.36. The van der Waals surface area contributed by atoms with Gasteiger partial charge in [0.2, 0.25) is 5.91 Å². The van der Waals surface area contributed by atoms with E-state index in [0.29, 0.717) is 11.3 Å². The lowest BCUT2D eigenvalue weighted by molar-refractivity contribution is -0.128. The Hall–Kier alpha value is -1.15. The Morgan fingerprint density at radius 1 is 1.53 bits per heavy atom. The molecule has 0 saturated carbocycles. The maximum absolute atomic E-state index is 11.5. The molecule has 1 heterocycles. The Bertz CT molecular complexity index is 439. The molecular weight excluding hydrogens is 309 g/mol. The third-order valence-corrected chi connectivity index (χ3v) is 2.92. The van der Waals surface area contributed by atoms with Crippen molar-refractivity contribution >= 4 is 40.1 Å². The summed E-state index contributed by atoms with van der Waals surface area (Å²) >= 11 is 2.12. The van der Waals surface area contributed by atoms with E-state index < -0.39 is 11.8 Å². The highest BCUT2D eigenvalue weighted by molar-refractivity contribution is 14.1. The molecule has 1 aliphatic rings. The zero-order valence-electron chi connectivity index (χ0n) is 7.58. The lowest BCUT2D eigenvalue weighted by Crippen LogP contribution is -2.37. The Morgan fingerprint density at radius 3 is 2.93 bits per heavy atom. The first kappa shape index (κ1) is 10.4. The molecule has 0 fully saturated rings. The van der Waals surface area contributed by atoms with Crippen LogP contribution in [-0.4, -0.2) is 11.8 Å². The van der Waals surface area contributed by atoms with Crippen LogP contribution in [0.5, 0.6) is 0 Å². The minimum Gasteiger partial charge on any atom is -0.325 e. The van der Waals surface area contributed by atoms with Crippen molar-refractivity contribution in [1.29, 1.82) is 0 Å². The minimum atomic E-state index is -0.834. The highest BCUT2D eigenvalue weighted by Crippen LogP contribution is 2.33. The van der Waals surface area contributed by atoms with Crippen LogP contribution in [0.2, 0.25) is 0 Å². The van der Waals surface area contributed by atoms with Crippen molar-refractivity contribution in [3.05, 3.63) is 27.3 Å². The topological polar surface area (TPSA) is 84.2 Å². The summed E-state index contributed by atoms with van der Waals surface area (Å²) in [5, 5.41) is 2.63. The van der Waals surface area contributed by atoms with Crippen molar-refractivity contribution in [2.24, 2.45) is 5.84 Å².